The number of nitrogens with two attached hydrogens (primary N) is 1. The molecule has 3 rings (SSSR count). The highest BCUT2D eigenvalue weighted by atomic mass is 32.1. The van der Waals surface area contributed by atoms with Crippen molar-refractivity contribution in [1.29, 1.82) is 0 Å². The Morgan fingerprint density at radius 3 is 2.95 bits per heavy atom. The predicted molar refractivity (Wildman–Crippen MR) is 82.3 cm³/mol. The average Bonchev–Trinajstić information content (AvgIpc) is 3.10. The van der Waals surface area contributed by atoms with Crippen LogP contribution >= 0.6 is 11.3 Å². The maximum absolute atomic E-state index is 12.4. The molecule has 3 heterocycles. The molecule has 6 nitrogen and oxygen atoms in total. The van der Waals surface area contributed by atoms with Crippen LogP contribution < -0.4 is 11.1 Å². The Hall–Kier alpha value is -2.28. The third-order valence-electron chi connectivity index (χ3n) is 3.41. The summed E-state index contributed by atoms with van der Waals surface area (Å²) in [5.74, 6) is 0.512. The number of amides is 1. The summed E-state index contributed by atoms with van der Waals surface area (Å²) >= 11 is 1.35. The number of nitrogens with zero attached hydrogens (tertiary/aromatic N) is 2. The van der Waals surface area contributed by atoms with Crippen LogP contribution in [0.5, 0.6) is 0 Å². The van der Waals surface area contributed by atoms with Gasteiger partial charge in [0.1, 0.15) is 15.5 Å². The average molecular weight is 304 g/mol. The lowest BCUT2D eigenvalue weighted by molar-refractivity contribution is 0.0940. The first kappa shape index (κ1) is 13.7. The summed E-state index contributed by atoms with van der Waals surface area (Å²) in [5, 5.41) is 8.07. The van der Waals surface area contributed by atoms with Gasteiger partial charge in [-0.15, -0.1) is 11.3 Å². The Morgan fingerprint density at radius 2 is 2.33 bits per heavy atom. The molecule has 0 aliphatic carbocycles. The smallest absolute Gasteiger partial charge is 0.264 e. The number of carbonyl (C=O) groups is 1. The SMILES string of the molecule is Cc1nn(C)c2sc(C(=O)NC(C)c3ccco3)c(N)c12. The number of anilines is 1. The number of thiophene rings is 1. The van der Waals surface area contributed by atoms with Gasteiger partial charge in [-0.25, -0.2) is 0 Å². The van der Waals surface area contributed by atoms with Crippen LogP contribution in [0, 0.1) is 6.92 Å². The van der Waals surface area contributed by atoms with Crippen LogP contribution in [0.3, 0.4) is 0 Å². The molecule has 1 unspecified atom stereocenters. The first-order chi connectivity index (χ1) is 9.99. The number of hydrogen-bond acceptors (Lipinski definition) is 5. The quantitative estimate of drug-likeness (QED) is 0.778. The molecule has 0 fully saturated rings. The lowest BCUT2D eigenvalue weighted by Gasteiger charge is -2.10. The third-order valence-corrected chi connectivity index (χ3v) is 4.68. The van der Waals surface area contributed by atoms with Gasteiger partial charge in [-0.3, -0.25) is 9.48 Å². The van der Waals surface area contributed by atoms with Crippen LogP contribution in [0.25, 0.3) is 10.2 Å². The maximum Gasteiger partial charge on any atom is 0.264 e. The molecule has 7 heteroatoms. The van der Waals surface area contributed by atoms with Crippen molar-refractivity contribution in [2.75, 3.05) is 5.73 Å². The van der Waals surface area contributed by atoms with E-state index in [1.807, 2.05) is 27.0 Å². The van der Waals surface area contributed by atoms with E-state index in [2.05, 4.69) is 10.4 Å². The van der Waals surface area contributed by atoms with Gasteiger partial charge >= 0.3 is 0 Å². The lowest BCUT2D eigenvalue weighted by Crippen LogP contribution is -2.26. The van der Waals surface area contributed by atoms with Gasteiger partial charge in [0.2, 0.25) is 0 Å². The molecule has 1 atom stereocenters. The third kappa shape index (κ3) is 2.19. The summed E-state index contributed by atoms with van der Waals surface area (Å²) in [6.45, 7) is 3.76. The Balaban J connectivity index is 1.91. The Morgan fingerprint density at radius 1 is 1.57 bits per heavy atom. The minimum atomic E-state index is -0.212. The van der Waals surface area contributed by atoms with E-state index in [1.54, 1.807) is 17.0 Å². The van der Waals surface area contributed by atoms with Gasteiger partial charge in [-0.2, -0.15) is 5.10 Å². The van der Waals surface area contributed by atoms with Crippen LogP contribution in [0.4, 0.5) is 5.69 Å². The van der Waals surface area contributed by atoms with Crippen molar-refractivity contribution in [1.82, 2.24) is 15.1 Å². The van der Waals surface area contributed by atoms with Gasteiger partial charge < -0.3 is 15.5 Å². The molecule has 3 N–H and O–H groups in total. The molecule has 3 aromatic heterocycles. The van der Waals surface area contributed by atoms with E-state index in [1.165, 1.54) is 11.3 Å². The van der Waals surface area contributed by atoms with Gasteiger partial charge in [-0.1, -0.05) is 0 Å². The summed E-state index contributed by atoms with van der Waals surface area (Å²) < 4.78 is 7.04. The van der Waals surface area contributed by atoms with Gasteiger partial charge in [0.25, 0.3) is 5.91 Å². The van der Waals surface area contributed by atoms with Gasteiger partial charge in [0.15, 0.2) is 0 Å². The number of rotatable bonds is 3. The second-order valence-electron chi connectivity index (χ2n) is 4.94. The molecule has 21 heavy (non-hydrogen) atoms. The zero-order chi connectivity index (χ0) is 15.1. The maximum atomic E-state index is 12.4. The number of furan rings is 1. The Bertz CT molecular complexity index is 801. The van der Waals surface area contributed by atoms with Crippen LogP contribution in [0.15, 0.2) is 22.8 Å². The molecule has 0 radical (unpaired) electrons. The molecule has 3 aromatic rings. The summed E-state index contributed by atoms with van der Waals surface area (Å²) in [6.07, 6.45) is 1.58. The van der Waals surface area contributed by atoms with Crippen molar-refractivity contribution in [2.24, 2.45) is 7.05 Å². The molecule has 0 aliphatic heterocycles. The number of hydrogen-bond donors (Lipinski definition) is 2. The van der Waals surface area contributed by atoms with E-state index in [-0.39, 0.29) is 11.9 Å². The Kier molecular flexibility index (Phi) is 3.21. The molecule has 0 aliphatic rings. The van der Waals surface area contributed by atoms with E-state index >= 15 is 0 Å². The summed E-state index contributed by atoms with van der Waals surface area (Å²) in [7, 11) is 1.85. The van der Waals surface area contributed by atoms with Gasteiger partial charge in [-0.05, 0) is 26.0 Å². The molecule has 1 amide bonds. The summed E-state index contributed by atoms with van der Waals surface area (Å²) in [4.78, 5) is 13.8. The minimum absolute atomic E-state index is 0.197. The Labute approximate surface area is 125 Å². The van der Waals surface area contributed by atoms with E-state index in [4.69, 9.17) is 10.2 Å². The van der Waals surface area contributed by atoms with Crippen molar-refractivity contribution in [3.8, 4) is 0 Å². The zero-order valence-corrected chi connectivity index (χ0v) is 12.8. The number of carbonyl (C=O) groups excluding carboxylic acids is 1. The van der Waals surface area contributed by atoms with Crippen LogP contribution in [0.2, 0.25) is 0 Å². The highest BCUT2D eigenvalue weighted by Gasteiger charge is 2.22. The van der Waals surface area contributed by atoms with Crippen molar-refractivity contribution in [2.45, 2.75) is 19.9 Å². The molecule has 110 valence electrons. The molecule has 0 aromatic carbocycles. The largest absolute Gasteiger partial charge is 0.467 e. The molecular weight excluding hydrogens is 288 g/mol. The van der Waals surface area contributed by atoms with Crippen molar-refractivity contribution in [3.63, 3.8) is 0 Å². The zero-order valence-electron chi connectivity index (χ0n) is 12.0. The molecule has 0 spiro atoms. The predicted octanol–water partition coefficient (Wildman–Crippen LogP) is 2.61. The number of aryl methyl sites for hydroxylation is 2. The highest BCUT2D eigenvalue weighted by Crippen LogP contribution is 2.35. The normalized spacial score (nSPS) is 12.7. The first-order valence-electron chi connectivity index (χ1n) is 6.55. The minimum Gasteiger partial charge on any atom is -0.467 e. The second-order valence-corrected chi connectivity index (χ2v) is 5.94. The van der Waals surface area contributed by atoms with Crippen LogP contribution in [0.1, 0.15) is 34.1 Å². The monoisotopic (exact) mass is 304 g/mol. The fraction of sp³-hybridized carbons (Fsp3) is 0.286. The summed E-state index contributed by atoms with van der Waals surface area (Å²) in [5.41, 5.74) is 7.44. The van der Waals surface area contributed by atoms with Crippen LogP contribution in [-0.4, -0.2) is 15.7 Å². The number of nitrogen functional groups attached to an aromatic ring is 1. The van der Waals surface area contributed by atoms with Crippen molar-refractivity contribution in [3.05, 3.63) is 34.7 Å². The standard InChI is InChI=1S/C14H16N4O2S/c1-7(9-5-4-6-20-9)16-13(19)12-11(15)10-8(2)17-18(3)14(10)21-12/h4-7H,15H2,1-3H3,(H,16,19). The second kappa shape index (κ2) is 4.92. The number of nitrogens with one attached hydrogen (secondary N) is 1. The van der Waals surface area contributed by atoms with Gasteiger partial charge in [0, 0.05) is 7.05 Å². The topological polar surface area (TPSA) is 86.1 Å². The van der Waals surface area contributed by atoms with E-state index in [9.17, 15) is 4.79 Å². The summed E-state index contributed by atoms with van der Waals surface area (Å²) in [6, 6.07) is 3.41. The van der Waals surface area contributed by atoms with Crippen LogP contribution in [-0.2, 0) is 7.05 Å². The lowest BCUT2D eigenvalue weighted by atomic mass is 10.2. The van der Waals surface area contributed by atoms with E-state index < -0.39 is 0 Å². The van der Waals surface area contributed by atoms with Crippen molar-refractivity contribution >= 4 is 33.1 Å². The van der Waals surface area contributed by atoms with E-state index in [0.717, 1.165) is 15.9 Å². The number of aromatic nitrogens is 2. The molecule has 0 bridgehead atoms. The fourth-order valence-corrected chi connectivity index (χ4v) is 3.46. The highest BCUT2D eigenvalue weighted by molar-refractivity contribution is 7.21. The number of fused-ring (bicyclic) bond motifs is 1. The first-order valence-corrected chi connectivity index (χ1v) is 7.36. The molecular formula is C14H16N4O2S. The fourth-order valence-electron chi connectivity index (χ4n) is 2.37. The van der Waals surface area contributed by atoms with Gasteiger partial charge in [0.05, 0.1) is 29.1 Å². The van der Waals surface area contributed by atoms with Crippen molar-refractivity contribution < 1.29 is 9.21 Å². The molecule has 0 saturated heterocycles. The van der Waals surface area contributed by atoms with E-state index in [0.29, 0.717) is 16.3 Å². The molecule has 0 saturated carbocycles.